The molecular formula is C10H13Cl2N3. The lowest BCUT2D eigenvalue weighted by atomic mass is 10.0. The van der Waals surface area contributed by atoms with Crippen LogP contribution in [0.25, 0.3) is 0 Å². The first-order valence-corrected chi connectivity index (χ1v) is 5.89. The second-order valence-electron chi connectivity index (χ2n) is 3.86. The average molecular weight is 246 g/mol. The Balaban J connectivity index is 2.27. The first-order chi connectivity index (χ1) is 7.16. The van der Waals surface area contributed by atoms with Gasteiger partial charge in [-0.05, 0) is 37.8 Å². The number of aromatic nitrogens is 2. The number of hydrogen-bond donors (Lipinski definition) is 0. The van der Waals surface area contributed by atoms with Crippen LogP contribution in [0.2, 0.25) is 10.4 Å². The summed E-state index contributed by atoms with van der Waals surface area (Å²) in [6, 6.07) is 2.27. The highest BCUT2D eigenvalue weighted by Gasteiger charge is 2.20. The number of anilines is 1. The fourth-order valence-electron chi connectivity index (χ4n) is 1.96. The Morgan fingerprint density at radius 3 is 2.80 bits per heavy atom. The van der Waals surface area contributed by atoms with Gasteiger partial charge in [0.05, 0.1) is 0 Å². The van der Waals surface area contributed by atoms with Gasteiger partial charge in [-0.1, -0.05) is 11.6 Å². The Hall–Kier alpha value is -0.540. The lowest BCUT2D eigenvalue weighted by molar-refractivity contribution is 0.481. The number of hydrogen-bond acceptors (Lipinski definition) is 3. The molecule has 5 heteroatoms. The second-order valence-corrected chi connectivity index (χ2v) is 4.58. The van der Waals surface area contributed by atoms with E-state index in [0.717, 1.165) is 12.4 Å². The van der Waals surface area contributed by atoms with Crippen molar-refractivity contribution < 1.29 is 0 Å². The van der Waals surface area contributed by atoms with Crippen LogP contribution < -0.4 is 4.90 Å². The molecular weight excluding hydrogens is 233 g/mol. The van der Waals surface area contributed by atoms with Gasteiger partial charge in [0, 0.05) is 18.7 Å². The van der Waals surface area contributed by atoms with Crippen molar-refractivity contribution in [3.8, 4) is 0 Å². The third kappa shape index (κ3) is 2.52. The van der Waals surface area contributed by atoms with Gasteiger partial charge in [0.25, 0.3) is 0 Å². The summed E-state index contributed by atoms with van der Waals surface area (Å²) in [5.41, 5.74) is 0. The fraction of sp³-hybridized carbons (Fsp3) is 0.600. The summed E-state index contributed by atoms with van der Waals surface area (Å²) in [6.07, 6.45) is 3.67. The number of halogens is 2. The lowest BCUT2D eigenvalue weighted by Gasteiger charge is -2.34. The Morgan fingerprint density at radius 2 is 2.13 bits per heavy atom. The molecule has 82 valence electrons. The standard InChI is InChI=1S/C10H13Cl2N3/c1-7-4-2-3-5-15(7)9-6-8(11)13-10(12)14-9/h6-7H,2-5H2,1H3. The molecule has 1 atom stereocenters. The average Bonchev–Trinajstić information content (AvgIpc) is 2.16. The normalized spacial score (nSPS) is 21.8. The van der Waals surface area contributed by atoms with Crippen LogP contribution >= 0.6 is 23.2 Å². The van der Waals surface area contributed by atoms with E-state index in [0.29, 0.717) is 11.2 Å². The van der Waals surface area contributed by atoms with E-state index in [9.17, 15) is 0 Å². The van der Waals surface area contributed by atoms with Crippen LogP contribution in [0.5, 0.6) is 0 Å². The number of piperidine rings is 1. The van der Waals surface area contributed by atoms with E-state index < -0.39 is 0 Å². The van der Waals surface area contributed by atoms with Crippen LogP contribution in [0.1, 0.15) is 26.2 Å². The summed E-state index contributed by atoms with van der Waals surface area (Å²) >= 11 is 11.6. The molecule has 1 aliphatic heterocycles. The maximum absolute atomic E-state index is 5.85. The smallest absolute Gasteiger partial charge is 0.225 e. The zero-order valence-corrected chi connectivity index (χ0v) is 10.1. The molecule has 1 aliphatic rings. The molecule has 1 aromatic heterocycles. The zero-order valence-electron chi connectivity index (χ0n) is 8.58. The minimum Gasteiger partial charge on any atom is -0.354 e. The first kappa shape index (κ1) is 11.0. The molecule has 0 amide bonds. The highest BCUT2D eigenvalue weighted by molar-refractivity contribution is 6.32. The molecule has 0 radical (unpaired) electrons. The summed E-state index contributed by atoms with van der Waals surface area (Å²) in [7, 11) is 0. The molecule has 1 fully saturated rings. The van der Waals surface area contributed by atoms with Crippen molar-refractivity contribution in [2.75, 3.05) is 11.4 Å². The Morgan fingerprint density at radius 1 is 1.33 bits per heavy atom. The highest BCUT2D eigenvalue weighted by Crippen LogP contribution is 2.25. The van der Waals surface area contributed by atoms with Crippen molar-refractivity contribution in [1.82, 2.24) is 9.97 Å². The largest absolute Gasteiger partial charge is 0.354 e. The summed E-state index contributed by atoms with van der Waals surface area (Å²) in [5.74, 6) is 0.840. The SMILES string of the molecule is CC1CCCCN1c1cc(Cl)nc(Cl)n1. The van der Waals surface area contributed by atoms with E-state index in [1.165, 1.54) is 19.3 Å². The van der Waals surface area contributed by atoms with Crippen LogP contribution in [0.3, 0.4) is 0 Å². The van der Waals surface area contributed by atoms with Gasteiger partial charge in [-0.25, -0.2) is 9.97 Å². The molecule has 15 heavy (non-hydrogen) atoms. The van der Waals surface area contributed by atoms with E-state index in [4.69, 9.17) is 23.2 Å². The van der Waals surface area contributed by atoms with Gasteiger partial charge < -0.3 is 4.90 Å². The molecule has 0 N–H and O–H groups in total. The fourth-order valence-corrected chi connectivity index (χ4v) is 2.36. The van der Waals surface area contributed by atoms with Crippen molar-refractivity contribution in [2.24, 2.45) is 0 Å². The summed E-state index contributed by atoms with van der Waals surface area (Å²) in [5, 5.41) is 0.623. The lowest BCUT2D eigenvalue weighted by Crippen LogP contribution is -2.38. The molecule has 1 unspecified atom stereocenters. The van der Waals surface area contributed by atoms with Gasteiger partial charge in [0.2, 0.25) is 5.28 Å². The van der Waals surface area contributed by atoms with Gasteiger partial charge in [-0.3, -0.25) is 0 Å². The number of nitrogens with zero attached hydrogens (tertiary/aromatic N) is 3. The third-order valence-corrected chi connectivity index (χ3v) is 3.11. The Kier molecular flexibility index (Phi) is 3.32. The van der Waals surface area contributed by atoms with E-state index in [-0.39, 0.29) is 5.28 Å². The van der Waals surface area contributed by atoms with Gasteiger partial charge in [-0.15, -0.1) is 0 Å². The van der Waals surface area contributed by atoms with Gasteiger partial charge in [0.1, 0.15) is 11.0 Å². The number of rotatable bonds is 1. The van der Waals surface area contributed by atoms with Crippen molar-refractivity contribution in [1.29, 1.82) is 0 Å². The monoisotopic (exact) mass is 245 g/mol. The van der Waals surface area contributed by atoms with Crippen molar-refractivity contribution in [2.45, 2.75) is 32.2 Å². The van der Waals surface area contributed by atoms with Crippen molar-refractivity contribution in [3.05, 3.63) is 16.5 Å². The van der Waals surface area contributed by atoms with Gasteiger partial charge in [-0.2, -0.15) is 0 Å². The highest BCUT2D eigenvalue weighted by atomic mass is 35.5. The molecule has 1 aromatic rings. The molecule has 0 saturated carbocycles. The predicted molar refractivity (Wildman–Crippen MR) is 62.7 cm³/mol. The molecule has 0 aliphatic carbocycles. The van der Waals surface area contributed by atoms with Crippen molar-refractivity contribution >= 4 is 29.0 Å². The molecule has 3 nitrogen and oxygen atoms in total. The van der Waals surface area contributed by atoms with E-state index in [1.54, 1.807) is 6.07 Å². The summed E-state index contributed by atoms with van der Waals surface area (Å²) in [6.45, 7) is 3.22. The van der Waals surface area contributed by atoms with E-state index in [2.05, 4.69) is 21.8 Å². The second kappa shape index (κ2) is 4.54. The van der Waals surface area contributed by atoms with Crippen LogP contribution in [0.4, 0.5) is 5.82 Å². The molecule has 0 spiro atoms. The van der Waals surface area contributed by atoms with Crippen LogP contribution in [0, 0.1) is 0 Å². The molecule has 0 aromatic carbocycles. The minimum atomic E-state index is 0.218. The molecule has 1 saturated heterocycles. The van der Waals surface area contributed by atoms with E-state index in [1.807, 2.05) is 0 Å². The van der Waals surface area contributed by atoms with Crippen molar-refractivity contribution in [3.63, 3.8) is 0 Å². The third-order valence-electron chi connectivity index (χ3n) is 2.75. The predicted octanol–water partition coefficient (Wildman–Crippen LogP) is 3.16. The zero-order chi connectivity index (χ0) is 10.8. The van der Waals surface area contributed by atoms with Crippen LogP contribution in [-0.4, -0.2) is 22.6 Å². The van der Waals surface area contributed by atoms with Crippen LogP contribution in [0.15, 0.2) is 6.07 Å². The topological polar surface area (TPSA) is 29.0 Å². The quantitative estimate of drug-likeness (QED) is 0.563. The molecule has 0 bridgehead atoms. The first-order valence-electron chi connectivity index (χ1n) is 5.13. The molecule has 2 heterocycles. The van der Waals surface area contributed by atoms with Gasteiger partial charge in [0.15, 0.2) is 0 Å². The maximum Gasteiger partial charge on any atom is 0.225 e. The van der Waals surface area contributed by atoms with Gasteiger partial charge >= 0.3 is 0 Å². The minimum absolute atomic E-state index is 0.218. The molecule has 2 rings (SSSR count). The Labute approximate surface area is 99.4 Å². The van der Waals surface area contributed by atoms with E-state index >= 15 is 0 Å². The summed E-state index contributed by atoms with van der Waals surface area (Å²) < 4.78 is 0. The Bertz CT molecular complexity index is 336. The maximum atomic E-state index is 5.85. The van der Waals surface area contributed by atoms with Crippen LogP contribution in [-0.2, 0) is 0 Å². The summed E-state index contributed by atoms with van der Waals surface area (Å²) in [4.78, 5) is 10.3.